The third kappa shape index (κ3) is 5.91. The summed E-state index contributed by atoms with van der Waals surface area (Å²) in [5.41, 5.74) is 1.40. The first-order chi connectivity index (χ1) is 17.1. The lowest BCUT2D eigenvalue weighted by molar-refractivity contribution is -0.128. The van der Waals surface area contributed by atoms with Crippen molar-refractivity contribution in [2.75, 3.05) is 0 Å². The van der Waals surface area contributed by atoms with E-state index in [4.69, 9.17) is 0 Å². The lowest BCUT2D eigenvalue weighted by Crippen LogP contribution is -2.14. The molecule has 0 aliphatic heterocycles. The van der Waals surface area contributed by atoms with E-state index in [0.29, 0.717) is 10.9 Å². The lowest BCUT2D eigenvalue weighted by Gasteiger charge is -2.12. The number of aryl methyl sites for hydroxylation is 1. The normalized spacial score (nSPS) is 11.4. The number of unbranched alkanes of at least 4 members (excludes halogenated alkanes) is 1. The highest BCUT2D eigenvalue weighted by atomic mass is 19.4. The first-order valence-corrected chi connectivity index (χ1v) is 11.5. The molecule has 36 heavy (non-hydrogen) atoms. The van der Waals surface area contributed by atoms with Gasteiger partial charge in [0.25, 0.3) is 0 Å². The van der Waals surface area contributed by atoms with Crippen molar-refractivity contribution in [1.82, 2.24) is 0 Å². The molecule has 0 radical (unpaired) electrons. The molecule has 0 amide bonds. The Morgan fingerprint density at radius 2 is 1.39 bits per heavy atom. The molecule has 0 fully saturated rings. The van der Waals surface area contributed by atoms with Gasteiger partial charge >= 0.3 is 6.18 Å². The fourth-order valence-electron chi connectivity index (χ4n) is 4.00. The standard InChI is InChI=1S/C30H22F6/c1-2-3-4-19-5-7-20(8-6-19)9-10-21-11-13-24-22(15-21)12-14-25(29(24)33)23-16-27(31)26(28(32)17-23)18-30(34,35)36/h5-8,11-17H,2-4,18H2,1H3. The van der Waals surface area contributed by atoms with Gasteiger partial charge in [-0.1, -0.05) is 55.5 Å². The van der Waals surface area contributed by atoms with E-state index >= 15 is 4.39 Å². The first-order valence-electron chi connectivity index (χ1n) is 11.5. The highest BCUT2D eigenvalue weighted by Gasteiger charge is 2.31. The second-order valence-electron chi connectivity index (χ2n) is 8.62. The van der Waals surface area contributed by atoms with Crippen LogP contribution in [-0.4, -0.2) is 6.18 Å². The van der Waals surface area contributed by atoms with Crippen molar-refractivity contribution >= 4 is 10.8 Å². The summed E-state index contributed by atoms with van der Waals surface area (Å²) < 4.78 is 81.5. The maximum atomic E-state index is 15.2. The molecule has 4 aromatic carbocycles. The van der Waals surface area contributed by atoms with E-state index in [2.05, 4.69) is 30.9 Å². The van der Waals surface area contributed by atoms with E-state index in [9.17, 15) is 22.0 Å². The molecule has 0 bridgehead atoms. The molecule has 0 heterocycles. The molecule has 184 valence electrons. The van der Waals surface area contributed by atoms with Crippen molar-refractivity contribution in [2.45, 2.75) is 38.8 Å². The first kappa shape index (κ1) is 25.4. The molecular formula is C30H22F6. The van der Waals surface area contributed by atoms with Crippen LogP contribution in [0, 0.1) is 29.3 Å². The molecular weight excluding hydrogens is 474 g/mol. The Labute approximate surface area is 205 Å². The molecule has 0 aliphatic carbocycles. The van der Waals surface area contributed by atoms with Crippen molar-refractivity contribution in [3.05, 3.63) is 106 Å². The molecule has 0 spiro atoms. The van der Waals surface area contributed by atoms with Gasteiger partial charge in [0.2, 0.25) is 0 Å². The van der Waals surface area contributed by atoms with Crippen LogP contribution >= 0.6 is 0 Å². The fourth-order valence-corrected chi connectivity index (χ4v) is 4.00. The van der Waals surface area contributed by atoms with Crippen LogP contribution in [0.3, 0.4) is 0 Å². The fraction of sp³-hybridized carbons (Fsp3) is 0.200. The molecule has 0 nitrogen and oxygen atoms in total. The number of rotatable bonds is 5. The van der Waals surface area contributed by atoms with Crippen LogP contribution in [0.15, 0.2) is 66.7 Å². The van der Waals surface area contributed by atoms with Gasteiger partial charge in [-0.25, -0.2) is 13.2 Å². The third-order valence-corrected chi connectivity index (χ3v) is 5.91. The van der Waals surface area contributed by atoms with E-state index in [-0.39, 0.29) is 16.5 Å². The third-order valence-electron chi connectivity index (χ3n) is 5.91. The topological polar surface area (TPSA) is 0 Å². The summed E-state index contributed by atoms with van der Waals surface area (Å²) in [7, 11) is 0. The van der Waals surface area contributed by atoms with Crippen LogP contribution < -0.4 is 0 Å². The molecule has 4 aromatic rings. The van der Waals surface area contributed by atoms with Gasteiger partial charge in [-0.15, -0.1) is 0 Å². The Kier molecular flexibility index (Phi) is 7.40. The number of hydrogen-bond donors (Lipinski definition) is 0. The average Bonchev–Trinajstić information content (AvgIpc) is 2.84. The summed E-state index contributed by atoms with van der Waals surface area (Å²) in [5, 5.41) is 0.742. The van der Waals surface area contributed by atoms with E-state index in [0.717, 1.165) is 37.0 Å². The summed E-state index contributed by atoms with van der Waals surface area (Å²) in [6.45, 7) is 2.15. The summed E-state index contributed by atoms with van der Waals surface area (Å²) >= 11 is 0. The summed E-state index contributed by atoms with van der Waals surface area (Å²) in [6.07, 6.45) is -3.21. The Balaban J connectivity index is 1.61. The Hall–Kier alpha value is -3.72. The van der Waals surface area contributed by atoms with Crippen molar-refractivity contribution in [1.29, 1.82) is 0 Å². The molecule has 0 unspecified atom stereocenters. The number of hydrogen-bond acceptors (Lipinski definition) is 0. The molecule has 0 N–H and O–H groups in total. The monoisotopic (exact) mass is 496 g/mol. The van der Waals surface area contributed by atoms with Crippen LogP contribution in [0.5, 0.6) is 0 Å². The smallest absolute Gasteiger partial charge is 0.207 e. The number of benzene rings is 4. The van der Waals surface area contributed by atoms with Crippen LogP contribution in [0.25, 0.3) is 21.9 Å². The largest absolute Gasteiger partial charge is 0.393 e. The minimum Gasteiger partial charge on any atom is -0.207 e. The maximum Gasteiger partial charge on any atom is 0.393 e. The van der Waals surface area contributed by atoms with Crippen molar-refractivity contribution in [3.63, 3.8) is 0 Å². The van der Waals surface area contributed by atoms with Crippen LogP contribution in [0.2, 0.25) is 0 Å². The highest BCUT2D eigenvalue weighted by molar-refractivity contribution is 5.89. The Bertz CT molecular complexity index is 1430. The zero-order chi connectivity index (χ0) is 25.9. The Morgan fingerprint density at radius 3 is 2.03 bits per heavy atom. The molecule has 0 aliphatic rings. The number of fused-ring (bicyclic) bond motifs is 1. The zero-order valence-corrected chi connectivity index (χ0v) is 19.4. The van der Waals surface area contributed by atoms with E-state index < -0.39 is 35.6 Å². The van der Waals surface area contributed by atoms with Gasteiger partial charge in [0, 0.05) is 27.6 Å². The average molecular weight is 496 g/mol. The summed E-state index contributed by atoms with van der Waals surface area (Å²) in [6, 6.07) is 17.3. The van der Waals surface area contributed by atoms with Crippen LogP contribution in [-0.2, 0) is 12.8 Å². The van der Waals surface area contributed by atoms with Crippen molar-refractivity contribution in [3.8, 4) is 23.0 Å². The molecule has 6 heteroatoms. The lowest BCUT2D eigenvalue weighted by atomic mass is 9.97. The van der Waals surface area contributed by atoms with Gasteiger partial charge in [0.1, 0.15) is 17.5 Å². The molecule has 0 aromatic heterocycles. The van der Waals surface area contributed by atoms with Gasteiger partial charge in [-0.05, 0) is 65.8 Å². The minimum atomic E-state index is -4.77. The number of alkyl halides is 3. The summed E-state index contributed by atoms with van der Waals surface area (Å²) in [5.74, 6) is 2.68. The van der Waals surface area contributed by atoms with Crippen molar-refractivity contribution in [2.24, 2.45) is 0 Å². The molecule has 0 saturated heterocycles. The van der Waals surface area contributed by atoms with Crippen LogP contribution in [0.4, 0.5) is 26.3 Å². The second kappa shape index (κ2) is 10.5. The predicted molar refractivity (Wildman–Crippen MR) is 130 cm³/mol. The minimum absolute atomic E-state index is 0.110. The molecule has 0 atom stereocenters. The quantitative estimate of drug-likeness (QED) is 0.191. The van der Waals surface area contributed by atoms with E-state index in [1.165, 1.54) is 17.7 Å². The van der Waals surface area contributed by atoms with E-state index in [1.807, 2.05) is 12.1 Å². The van der Waals surface area contributed by atoms with E-state index in [1.54, 1.807) is 18.2 Å². The molecule has 0 saturated carbocycles. The maximum absolute atomic E-state index is 15.2. The molecule has 4 rings (SSSR count). The Morgan fingerprint density at radius 1 is 0.750 bits per heavy atom. The highest BCUT2D eigenvalue weighted by Crippen LogP contribution is 2.33. The van der Waals surface area contributed by atoms with Gasteiger partial charge in [-0.3, -0.25) is 0 Å². The number of halogens is 6. The predicted octanol–water partition coefficient (Wildman–Crippen LogP) is 8.77. The van der Waals surface area contributed by atoms with Gasteiger partial charge in [0.15, 0.2) is 0 Å². The SMILES string of the molecule is CCCCc1ccc(C#Cc2ccc3c(F)c(-c4cc(F)c(CC(F)(F)F)c(F)c4)ccc3c2)cc1. The van der Waals surface area contributed by atoms with Crippen molar-refractivity contribution < 1.29 is 26.3 Å². The van der Waals surface area contributed by atoms with Gasteiger partial charge in [-0.2, -0.15) is 13.2 Å². The van der Waals surface area contributed by atoms with Crippen LogP contribution in [0.1, 0.15) is 42.0 Å². The summed E-state index contributed by atoms with van der Waals surface area (Å²) in [4.78, 5) is 0. The second-order valence-corrected chi connectivity index (χ2v) is 8.62. The van der Waals surface area contributed by atoms with Gasteiger partial charge < -0.3 is 0 Å². The zero-order valence-electron chi connectivity index (χ0n) is 19.4. The van der Waals surface area contributed by atoms with Gasteiger partial charge in [0.05, 0.1) is 6.42 Å².